The third-order valence-corrected chi connectivity index (χ3v) is 3.24. The molecule has 1 aromatic heterocycles. The van der Waals surface area contributed by atoms with Crippen LogP contribution in [0, 0.1) is 6.92 Å². The molecule has 0 aliphatic heterocycles. The topological polar surface area (TPSA) is 51.1 Å². The fourth-order valence-corrected chi connectivity index (χ4v) is 2.28. The van der Waals surface area contributed by atoms with Gasteiger partial charge < -0.3 is 9.88 Å². The first-order valence-electron chi connectivity index (χ1n) is 6.12. The third kappa shape index (κ3) is 2.96. The molecular formula is C13H18N2O2. The number of rotatable bonds is 3. The van der Waals surface area contributed by atoms with Crippen LogP contribution in [0.1, 0.15) is 31.2 Å². The molecule has 1 aromatic rings. The lowest BCUT2D eigenvalue weighted by Crippen LogP contribution is -2.37. The number of aromatic nitrogens is 1. The van der Waals surface area contributed by atoms with Gasteiger partial charge in [0.2, 0.25) is 5.91 Å². The number of carbonyl (C=O) groups is 1. The molecule has 0 bridgehead atoms. The fraction of sp³-hybridized carbons (Fsp3) is 0.538. The Balaban J connectivity index is 1.98. The summed E-state index contributed by atoms with van der Waals surface area (Å²) in [5, 5.41) is 2.98. The van der Waals surface area contributed by atoms with E-state index in [-0.39, 0.29) is 18.0 Å². The van der Waals surface area contributed by atoms with Crippen molar-refractivity contribution in [3.63, 3.8) is 0 Å². The Morgan fingerprint density at radius 3 is 2.88 bits per heavy atom. The van der Waals surface area contributed by atoms with Gasteiger partial charge in [0.15, 0.2) is 0 Å². The zero-order valence-corrected chi connectivity index (χ0v) is 10.1. The Morgan fingerprint density at radius 1 is 1.47 bits per heavy atom. The molecular weight excluding hydrogens is 216 g/mol. The summed E-state index contributed by atoms with van der Waals surface area (Å²) < 4.78 is 1.46. The van der Waals surface area contributed by atoms with Crippen LogP contribution >= 0.6 is 0 Å². The van der Waals surface area contributed by atoms with Gasteiger partial charge >= 0.3 is 0 Å². The molecule has 1 amide bonds. The molecule has 1 N–H and O–H groups in total. The summed E-state index contributed by atoms with van der Waals surface area (Å²) in [5.41, 5.74) is 0.579. The van der Waals surface area contributed by atoms with Crippen molar-refractivity contribution in [3.8, 4) is 0 Å². The number of carbonyl (C=O) groups excluding carboxylic acids is 1. The van der Waals surface area contributed by atoms with Gasteiger partial charge in [-0.1, -0.05) is 18.9 Å². The van der Waals surface area contributed by atoms with Crippen LogP contribution in [0.5, 0.6) is 0 Å². The molecule has 0 atom stereocenters. The second-order valence-corrected chi connectivity index (χ2v) is 4.67. The van der Waals surface area contributed by atoms with Gasteiger partial charge in [0.25, 0.3) is 5.56 Å². The molecule has 92 valence electrons. The highest BCUT2D eigenvalue weighted by Gasteiger charge is 2.17. The Kier molecular flexibility index (Phi) is 3.61. The summed E-state index contributed by atoms with van der Waals surface area (Å²) in [5.74, 6) is -0.0652. The minimum absolute atomic E-state index is 0.0652. The molecule has 0 spiro atoms. The molecule has 0 radical (unpaired) electrons. The monoisotopic (exact) mass is 234 g/mol. The largest absolute Gasteiger partial charge is 0.352 e. The van der Waals surface area contributed by atoms with Gasteiger partial charge in [-0.3, -0.25) is 9.59 Å². The van der Waals surface area contributed by atoms with Gasteiger partial charge in [0.1, 0.15) is 6.54 Å². The lowest BCUT2D eigenvalue weighted by molar-refractivity contribution is -0.122. The van der Waals surface area contributed by atoms with Crippen molar-refractivity contribution < 1.29 is 4.79 Å². The van der Waals surface area contributed by atoms with Gasteiger partial charge in [0, 0.05) is 17.8 Å². The number of hydrogen-bond acceptors (Lipinski definition) is 2. The molecule has 0 unspecified atom stereocenters. The van der Waals surface area contributed by atoms with Crippen LogP contribution in [-0.2, 0) is 11.3 Å². The average molecular weight is 234 g/mol. The Hall–Kier alpha value is -1.58. The van der Waals surface area contributed by atoms with Gasteiger partial charge in [-0.05, 0) is 25.8 Å². The molecule has 1 aliphatic rings. The Bertz CT molecular complexity index is 459. The van der Waals surface area contributed by atoms with E-state index in [0.29, 0.717) is 11.6 Å². The van der Waals surface area contributed by atoms with E-state index in [9.17, 15) is 9.59 Å². The Morgan fingerprint density at radius 2 is 2.18 bits per heavy atom. The zero-order chi connectivity index (χ0) is 12.3. The van der Waals surface area contributed by atoms with Crippen molar-refractivity contribution in [3.05, 3.63) is 34.2 Å². The van der Waals surface area contributed by atoms with Gasteiger partial charge in [0.05, 0.1) is 0 Å². The molecule has 4 heteroatoms. The lowest BCUT2D eigenvalue weighted by Gasteiger charge is -2.12. The normalized spacial score (nSPS) is 16.1. The summed E-state index contributed by atoms with van der Waals surface area (Å²) in [6, 6.07) is 3.86. The molecule has 4 nitrogen and oxygen atoms in total. The predicted molar refractivity (Wildman–Crippen MR) is 65.8 cm³/mol. The zero-order valence-electron chi connectivity index (χ0n) is 10.1. The second-order valence-electron chi connectivity index (χ2n) is 4.67. The molecule has 1 fully saturated rings. The molecule has 1 aliphatic carbocycles. The fourth-order valence-electron chi connectivity index (χ4n) is 2.28. The number of nitrogens with zero attached hydrogens (tertiary/aromatic N) is 1. The van der Waals surface area contributed by atoms with E-state index in [1.807, 2.05) is 0 Å². The van der Waals surface area contributed by atoms with Crippen molar-refractivity contribution >= 4 is 5.91 Å². The van der Waals surface area contributed by atoms with Crippen LogP contribution < -0.4 is 10.9 Å². The van der Waals surface area contributed by atoms with Crippen molar-refractivity contribution in [1.82, 2.24) is 9.88 Å². The predicted octanol–water partition coefficient (Wildman–Crippen LogP) is 1.22. The van der Waals surface area contributed by atoms with E-state index in [4.69, 9.17) is 0 Å². The van der Waals surface area contributed by atoms with E-state index in [2.05, 4.69) is 5.32 Å². The van der Waals surface area contributed by atoms with Gasteiger partial charge in [-0.2, -0.15) is 0 Å². The number of pyridine rings is 1. The van der Waals surface area contributed by atoms with Crippen LogP contribution in [0.15, 0.2) is 23.1 Å². The highest BCUT2D eigenvalue weighted by atomic mass is 16.2. The van der Waals surface area contributed by atoms with Crippen molar-refractivity contribution in [2.75, 3.05) is 0 Å². The first-order valence-corrected chi connectivity index (χ1v) is 6.12. The minimum Gasteiger partial charge on any atom is -0.352 e. The molecule has 0 saturated heterocycles. The summed E-state index contributed by atoms with van der Waals surface area (Å²) >= 11 is 0. The standard InChI is InChI=1S/C13H18N2O2/c1-10-5-4-8-15(13(10)17)9-12(16)14-11-6-2-3-7-11/h4-5,8,11H,2-3,6-7,9H2,1H3,(H,14,16). The van der Waals surface area contributed by atoms with Gasteiger partial charge in [-0.25, -0.2) is 0 Å². The molecule has 0 aromatic carbocycles. The number of nitrogens with one attached hydrogen (secondary N) is 1. The van der Waals surface area contributed by atoms with E-state index in [0.717, 1.165) is 12.8 Å². The van der Waals surface area contributed by atoms with E-state index >= 15 is 0 Å². The van der Waals surface area contributed by atoms with Crippen molar-refractivity contribution in [2.45, 2.75) is 45.2 Å². The van der Waals surface area contributed by atoms with Crippen molar-refractivity contribution in [1.29, 1.82) is 0 Å². The van der Waals surface area contributed by atoms with E-state index in [1.54, 1.807) is 25.3 Å². The SMILES string of the molecule is Cc1cccn(CC(=O)NC2CCCC2)c1=O. The average Bonchev–Trinajstić information content (AvgIpc) is 2.77. The number of amides is 1. The van der Waals surface area contributed by atoms with Crippen LogP contribution in [0.4, 0.5) is 0 Å². The van der Waals surface area contributed by atoms with Crippen molar-refractivity contribution in [2.24, 2.45) is 0 Å². The number of hydrogen-bond donors (Lipinski definition) is 1. The third-order valence-electron chi connectivity index (χ3n) is 3.24. The molecule has 17 heavy (non-hydrogen) atoms. The Labute approximate surface area is 101 Å². The first kappa shape index (κ1) is 11.9. The molecule has 1 heterocycles. The van der Waals surface area contributed by atoms with Crippen LogP contribution in [-0.4, -0.2) is 16.5 Å². The highest BCUT2D eigenvalue weighted by Crippen LogP contribution is 2.17. The minimum atomic E-state index is -0.0888. The van der Waals surface area contributed by atoms with Gasteiger partial charge in [-0.15, -0.1) is 0 Å². The maximum absolute atomic E-state index is 11.8. The summed E-state index contributed by atoms with van der Waals surface area (Å²) in [6.45, 7) is 1.88. The van der Waals surface area contributed by atoms with Crippen LogP contribution in [0.2, 0.25) is 0 Å². The lowest BCUT2D eigenvalue weighted by atomic mass is 10.2. The quantitative estimate of drug-likeness (QED) is 0.854. The van der Waals surface area contributed by atoms with E-state index in [1.165, 1.54) is 17.4 Å². The summed E-state index contributed by atoms with van der Waals surface area (Å²) in [6.07, 6.45) is 6.16. The maximum Gasteiger partial charge on any atom is 0.253 e. The summed E-state index contributed by atoms with van der Waals surface area (Å²) in [4.78, 5) is 23.5. The smallest absolute Gasteiger partial charge is 0.253 e. The first-order chi connectivity index (χ1) is 8.16. The maximum atomic E-state index is 11.8. The number of aryl methyl sites for hydroxylation is 1. The van der Waals surface area contributed by atoms with Crippen LogP contribution in [0.25, 0.3) is 0 Å². The molecule has 1 saturated carbocycles. The van der Waals surface area contributed by atoms with Crippen LogP contribution in [0.3, 0.4) is 0 Å². The highest BCUT2D eigenvalue weighted by molar-refractivity contribution is 5.76. The summed E-state index contributed by atoms with van der Waals surface area (Å²) in [7, 11) is 0. The molecule has 2 rings (SSSR count). The second kappa shape index (κ2) is 5.17. The van der Waals surface area contributed by atoms with E-state index < -0.39 is 0 Å².